The number of nitrogens with two attached hydrogens (primary N) is 1. The van der Waals surface area contributed by atoms with Crippen molar-refractivity contribution in [1.82, 2.24) is 14.9 Å². The van der Waals surface area contributed by atoms with Crippen LogP contribution in [0.5, 0.6) is 0 Å². The summed E-state index contributed by atoms with van der Waals surface area (Å²) in [4.78, 5) is 15.8. The second-order valence-corrected chi connectivity index (χ2v) is 4.95. The quantitative estimate of drug-likeness (QED) is 0.894. The standard InChI is InChI=1S/C15H20N4O.2ClH/c1-10(16)15(20)18-11(2)13-4-6-14(7-5-13)19-9-8-17-12(19)3;;/h4-11H,16H2,1-3H3,(H,18,20);2*1H/t10-,11?;;/m1../s1. The Morgan fingerprint density at radius 2 is 1.82 bits per heavy atom. The van der Waals surface area contributed by atoms with Gasteiger partial charge in [0.2, 0.25) is 5.91 Å². The molecule has 0 aliphatic carbocycles. The monoisotopic (exact) mass is 344 g/mol. The molecule has 1 amide bonds. The minimum Gasteiger partial charge on any atom is -0.348 e. The van der Waals surface area contributed by atoms with Crippen molar-refractivity contribution in [2.75, 3.05) is 0 Å². The summed E-state index contributed by atoms with van der Waals surface area (Å²) < 4.78 is 2.01. The number of halogens is 2. The van der Waals surface area contributed by atoms with Gasteiger partial charge >= 0.3 is 0 Å². The summed E-state index contributed by atoms with van der Waals surface area (Å²) in [5.74, 6) is 0.795. The number of hydrogen-bond donors (Lipinski definition) is 2. The molecule has 0 bridgehead atoms. The molecule has 2 rings (SSSR count). The molecule has 0 radical (unpaired) electrons. The summed E-state index contributed by atoms with van der Waals surface area (Å²) in [5, 5.41) is 2.88. The lowest BCUT2D eigenvalue weighted by Gasteiger charge is -2.16. The van der Waals surface area contributed by atoms with Crippen LogP contribution in [0.15, 0.2) is 36.7 Å². The number of carbonyl (C=O) groups is 1. The van der Waals surface area contributed by atoms with Crippen LogP contribution in [0, 0.1) is 6.92 Å². The van der Waals surface area contributed by atoms with Crippen LogP contribution in [0.4, 0.5) is 0 Å². The van der Waals surface area contributed by atoms with Crippen molar-refractivity contribution in [3.8, 4) is 5.69 Å². The average molecular weight is 345 g/mol. The summed E-state index contributed by atoms with van der Waals surface area (Å²) in [6, 6.07) is 7.47. The highest BCUT2D eigenvalue weighted by Crippen LogP contribution is 2.16. The van der Waals surface area contributed by atoms with E-state index in [0.717, 1.165) is 17.1 Å². The van der Waals surface area contributed by atoms with Crippen LogP contribution in [0.2, 0.25) is 0 Å². The average Bonchev–Trinajstić information content (AvgIpc) is 2.85. The first-order valence-corrected chi connectivity index (χ1v) is 6.65. The highest BCUT2D eigenvalue weighted by Gasteiger charge is 2.12. The molecule has 122 valence electrons. The summed E-state index contributed by atoms with van der Waals surface area (Å²) in [6.07, 6.45) is 3.69. The number of nitrogens with zero attached hydrogens (tertiary/aromatic N) is 2. The molecule has 3 N–H and O–H groups in total. The number of aromatic nitrogens is 2. The van der Waals surface area contributed by atoms with Crippen molar-refractivity contribution in [2.24, 2.45) is 5.73 Å². The first kappa shape index (κ1) is 20.4. The summed E-state index contributed by atoms with van der Waals surface area (Å²) in [6.45, 7) is 5.57. The molecule has 0 fully saturated rings. The number of carbonyl (C=O) groups excluding carboxylic acids is 1. The number of nitrogens with one attached hydrogen (secondary N) is 1. The second kappa shape index (κ2) is 8.78. The van der Waals surface area contributed by atoms with Gasteiger partial charge in [-0.1, -0.05) is 12.1 Å². The van der Waals surface area contributed by atoms with Crippen molar-refractivity contribution < 1.29 is 4.79 Å². The Morgan fingerprint density at radius 1 is 1.23 bits per heavy atom. The molecule has 22 heavy (non-hydrogen) atoms. The third-order valence-electron chi connectivity index (χ3n) is 3.27. The van der Waals surface area contributed by atoms with Crippen molar-refractivity contribution >= 4 is 30.7 Å². The topological polar surface area (TPSA) is 72.9 Å². The molecule has 2 atom stereocenters. The molecule has 0 saturated heterocycles. The molecule has 0 aliphatic heterocycles. The van der Waals surface area contributed by atoms with E-state index in [4.69, 9.17) is 5.73 Å². The molecular formula is C15H22Cl2N4O. The largest absolute Gasteiger partial charge is 0.348 e. The molecule has 1 aromatic carbocycles. The molecule has 0 saturated carbocycles. The molecule has 1 unspecified atom stereocenters. The fraction of sp³-hybridized carbons (Fsp3) is 0.333. The number of imidazole rings is 1. The summed E-state index contributed by atoms with van der Waals surface area (Å²) >= 11 is 0. The zero-order valence-corrected chi connectivity index (χ0v) is 14.4. The maximum atomic E-state index is 11.6. The Kier molecular flexibility index (Phi) is 8.16. The number of amides is 1. The lowest BCUT2D eigenvalue weighted by Crippen LogP contribution is -2.39. The molecule has 1 heterocycles. The Balaban J connectivity index is 0.00000220. The number of aryl methyl sites for hydroxylation is 1. The first-order chi connectivity index (χ1) is 9.49. The van der Waals surface area contributed by atoms with E-state index in [-0.39, 0.29) is 36.8 Å². The maximum Gasteiger partial charge on any atom is 0.237 e. The van der Waals surface area contributed by atoms with E-state index < -0.39 is 6.04 Å². The smallest absolute Gasteiger partial charge is 0.237 e. The fourth-order valence-corrected chi connectivity index (χ4v) is 2.00. The Morgan fingerprint density at radius 3 is 2.27 bits per heavy atom. The van der Waals surface area contributed by atoms with Crippen LogP contribution in [0.1, 0.15) is 31.3 Å². The fourth-order valence-electron chi connectivity index (χ4n) is 2.00. The van der Waals surface area contributed by atoms with Crippen LogP contribution in [-0.4, -0.2) is 21.5 Å². The van der Waals surface area contributed by atoms with E-state index in [1.54, 1.807) is 13.1 Å². The summed E-state index contributed by atoms with van der Waals surface area (Å²) in [5.41, 5.74) is 7.64. The Bertz CT molecular complexity index is 596. The molecular weight excluding hydrogens is 323 g/mol. The Labute approximate surface area is 143 Å². The van der Waals surface area contributed by atoms with Gasteiger partial charge in [-0.25, -0.2) is 4.98 Å². The lowest BCUT2D eigenvalue weighted by molar-refractivity contribution is -0.122. The van der Waals surface area contributed by atoms with Crippen molar-refractivity contribution in [3.05, 3.63) is 48.0 Å². The van der Waals surface area contributed by atoms with E-state index in [1.165, 1.54) is 0 Å². The molecule has 1 aromatic heterocycles. The third kappa shape index (κ3) is 4.73. The van der Waals surface area contributed by atoms with Crippen LogP contribution in [-0.2, 0) is 4.79 Å². The molecule has 2 aromatic rings. The molecule has 5 nitrogen and oxygen atoms in total. The van der Waals surface area contributed by atoms with Gasteiger partial charge in [0.15, 0.2) is 0 Å². The highest BCUT2D eigenvalue weighted by atomic mass is 35.5. The number of rotatable bonds is 4. The van der Waals surface area contributed by atoms with Gasteiger partial charge in [0.25, 0.3) is 0 Å². The molecule has 0 aliphatic rings. The van der Waals surface area contributed by atoms with Gasteiger partial charge in [-0.15, -0.1) is 24.8 Å². The number of hydrogen-bond acceptors (Lipinski definition) is 3. The van der Waals surface area contributed by atoms with Gasteiger partial charge in [-0.2, -0.15) is 0 Å². The van der Waals surface area contributed by atoms with Crippen LogP contribution in [0.25, 0.3) is 5.69 Å². The van der Waals surface area contributed by atoms with Crippen LogP contribution >= 0.6 is 24.8 Å². The third-order valence-corrected chi connectivity index (χ3v) is 3.27. The second-order valence-electron chi connectivity index (χ2n) is 4.95. The highest BCUT2D eigenvalue weighted by molar-refractivity contribution is 5.85. The minimum atomic E-state index is -0.495. The maximum absolute atomic E-state index is 11.6. The zero-order chi connectivity index (χ0) is 14.7. The van der Waals surface area contributed by atoms with Crippen LogP contribution < -0.4 is 11.1 Å². The van der Waals surface area contributed by atoms with E-state index in [1.807, 2.05) is 48.9 Å². The first-order valence-electron chi connectivity index (χ1n) is 6.65. The van der Waals surface area contributed by atoms with Gasteiger partial charge in [-0.3, -0.25) is 4.79 Å². The lowest BCUT2D eigenvalue weighted by atomic mass is 10.1. The van der Waals surface area contributed by atoms with Crippen molar-refractivity contribution in [2.45, 2.75) is 32.9 Å². The van der Waals surface area contributed by atoms with Gasteiger partial charge in [-0.05, 0) is 38.5 Å². The minimum absolute atomic E-state index is 0. The Hall–Kier alpha value is -1.56. The van der Waals surface area contributed by atoms with Crippen LogP contribution in [0.3, 0.4) is 0 Å². The van der Waals surface area contributed by atoms with Gasteiger partial charge < -0.3 is 15.6 Å². The van der Waals surface area contributed by atoms with Gasteiger partial charge in [0, 0.05) is 18.1 Å². The predicted molar refractivity (Wildman–Crippen MR) is 93.0 cm³/mol. The van der Waals surface area contributed by atoms with E-state index >= 15 is 0 Å². The van der Waals surface area contributed by atoms with Crippen molar-refractivity contribution in [3.63, 3.8) is 0 Å². The van der Waals surface area contributed by atoms with E-state index in [9.17, 15) is 4.79 Å². The van der Waals surface area contributed by atoms with Crippen molar-refractivity contribution in [1.29, 1.82) is 0 Å². The summed E-state index contributed by atoms with van der Waals surface area (Å²) in [7, 11) is 0. The number of benzene rings is 1. The predicted octanol–water partition coefficient (Wildman–Crippen LogP) is 2.55. The van der Waals surface area contributed by atoms with E-state index in [2.05, 4.69) is 10.3 Å². The van der Waals surface area contributed by atoms with Gasteiger partial charge in [0.05, 0.1) is 12.1 Å². The molecule has 0 spiro atoms. The SMILES string of the molecule is Cc1nccn1-c1ccc(C(C)NC(=O)[C@@H](C)N)cc1.Cl.Cl. The zero-order valence-electron chi connectivity index (χ0n) is 12.8. The normalized spacial score (nSPS) is 12.5. The van der Waals surface area contributed by atoms with E-state index in [0.29, 0.717) is 0 Å². The molecule has 7 heteroatoms. The van der Waals surface area contributed by atoms with Gasteiger partial charge in [0.1, 0.15) is 5.82 Å².